The van der Waals surface area contributed by atoms with Crippen LogP contribution >= 0.6 is 11.3 Å². The van der Waals surface area contributed by atoms with Crippen LogP contribution in [0.5, 0.6) is 5.88 Å². The van der Waals surface area contributed by atoms with Gasteiger partial charge in [-0.05, 0) is 18.2 Å². The molecule has 0 saturated carbocycles. The Hall–Kier alpha value is -1.95. The van der Waals surface area contributed by atoms with Gasteiger partial charge >= 0.3 is 0 Å². The summed E-state index contributed by atoms with van der Waals surface area (Å²) < 4.78 is 19.3. The maximum absolute atomic E-state index is 12.2. The predicted molar refractivity (Wildman–Crippen MR) is 67.8 cm³/mol. The summed E-state index contributed by atoms with van der Waals surface area (Å²) in [5.41, 5.74) is 0.862. The van der Waals surface area contributed by atoms with Gasteiger partial charge in [0.2, 0.25) is 5.88 Å². The van der Waals surface area contributed by atoms with Crippen LogP contribution in [0.2, 0.25) is 0 Å². The molecule has 6 heteroatoms. The molecule has 0 aliphatic heterocycles. The molecule has 0 amide bonds. The maximum atomic E-state index is 12.2. The van der Waals surface area contributed by atoms with Crippen molar-refractivity contribution in [3.63, 3.8) is 0 Å². The summed E-state index contributed by atoms with van der Waals surface area (Å²) in [6.45, 7) is -0.504. The van der Waals surface area contributed by atoms with Gasteiger partial charge in [-0.25, -0.2) is 13.9 Å². The number of rotatable bonds is 4. The summed E-state index contributed by atoms with van der Waals surface area (Å²) in [5.74, 6) is 0.458. The van der Waals surface area contributed by atoms with Gasteiger partial charge in [0.05, 0.1) is 16.6 Å². The van der Waals surface area contributed by atoms with Crippen molar-refractivity contribution in [1.82, 2.24) is 14.6 Å². The Morgan fingerprint density at radius 2 is 2.28 bits per heavy atom. The third-order valence-electron chi connectivity index (χ3n) is 2.44. The van der Waals surface area contributed by atoms with E-state index in [-0.39, 0.29) is 6.61 Å². The summed E-state index contributed by atoms with van der Waals surface area (Å²) in [7, 11) is 0. The molecule has 0 bridgehead atoms. The van der Waals surface area contributed by atoms with Gasteiger partial charge in [-0.1, -0.05) is 0 Å². The van der Waals surface area contributed by atoms with Crippen LogP contribution in [0, 0.1) is 0 Å². The lowest BCUT2D eigenvalue weighted by Crippen LogP contribution is -2.01. The fourth-order valence-corrected chi connectivity index (χ4v) is 2.65. The topological polar surface area (TPSA) is 39.4 Å². The largest absolute Gasteiger partial charge is 0.474 e. The molecule has 0 fully saturated rings. The highest BCUT2D eigenvalue weighted by Crippen LogP contribution is 2.33. The SMILES string of the molecule is FCCOc1ncccc1-c1cn2nccc2s1. The van der Waals surface area contributed by atoms with Crippen LogP contribution in [0.1, 0.15) is 0 Å². The average molecular weight is 263 g/mol. The number of thiazole rings is 1. The molecule has 0 atom stereocenters. The van der Waals surface area contributed by atoms with Gasteiger partial charge in [0.1, 0.15) is 18.1 Å². The highest BCUT2D eigenvalue weighted by molar-refractivity contribution is 7.20. The highest BCUT2D eigenvalue weighted by atomic mass is 32.1. The van der Waals surface area contributed by atoms with E-state index in [1.807, 2.05) is 24.4 Å². The van der Waals surface area contributed by atoms with Crippen molar-refractivity contribution < 1.29 is 9.13 Å². The first kappa shape index (κ1) is 11.2. The third kappa shape index (κ3) is 1.95. The molecular weight excluding hydrogens is 253 g/mol. The van der Waals surface area contributed by atoms with Gasteiger partial charge in [-0.3, -0.25) is 0 Å². The number of alkyl halides is 1. The van der Waals surface area contributed by atoms with Crippen LogP contribution in [0.25, 0.3) is 15.3 Å². The second-order valence-electron chi connectivity index (χ2n) is 3.60. The van der Waals surface area contributed by atoms with Crippen molar-refractivity contribution in [2.45, 2.75) is 0 Å². The maximum Gasteiger partial charge on any atom is 0.222 e. The van der Waals surface area contributed by atoms with Gasteiger partial charge in [0.15, 0.2) is 0 Å². The zero-order valence-electron chi connectivity index (χ0n) is 9.41. The van der Waals surface area contributed by atoms with Gasteiger partial charge in [-0.2, -0.15) is 5.10 Å². The van der Waals surface area contributed by atoms with E-state index in [1.165, 1.54) is 0 Å². The molecule has 3 aromatic heterocycles. The second kappa shape index (κ2) is 4.73. The molecule has 0 radical (unpaired) electrons. The van der Waals surface area contributed by atoms with Crippen LogP contribution in [0.4, 0.5) is 4.39 Å². The summed E-state index contributed by atoms with van der Waals surface area (Å²) >= 11 is 1.59. The molecule has 92 valence electrons. The molecule has 0 N–H and O–H groups in total. The van der Waals surface area contributed by atoms with Crippen LogP contribution in [-0.4, -0.2) is 27.9 Å². The predicted octanol–water partition coefficient (Wildman–Crippen LogP) is 2.81. The molecule has 18 heavy (non-hydrogen) atoms. The Labute approximate surface area is 107 Å². The Kier molecular flexibility index (Phi) is 2.93. The first-order valence-corrected chi connectivity index (χ1v) is 6.27. The quantitative estimate of drug-likeness (QED) is 0.726. The van der Waals surface area contributed by atoms with E-state index >= 15 is 0 Å². The zero-order chi connectivity index (χ0) is 12.4. The standard InChI is InChI=1S/C12H10FN3OS/c13-4-7-17-12-9(2-1-5-14-12)10-8-16-11(18-10)3-6-15-16/h1-3,5-6,8H,4,7H2. The summed E-state index contributed by atoms with van der Waals surface area (Å²) in [5, 5.41) is 4.16. The number of hydrogen-bond donors (Lipinski definition) is 0. The van der Waals surface area contributed by atoms with E-state index in [0.29, 0.717) is 5.88 Å². The Morgan fingerprint density at radius 3 is 3.11 bits per heavy atom. The first-order valence-electron chi connectivity index (χ1n) is 5.46. The van der Waals surface area contributed by atoms with E-state index in [2.05, 4.69) is 10.1 Å². The lowest BCUT2D eigenvalue weighted by Gasteiger charge is -2.06. The molecule has 3 rings (SSSR count). The number of hydrogen-bond acceptors (Lipinski definition) is 4. The lowest BCUT2D eigenvalue weighted by molar-refractivity contribution is 0.265. The molecule has 4 nitrogen and oxygen atoms in total. The monoisotopic (exact) mass is 263 g/mol. The number of fused-ring (bicyclic) bond motifs is 1. The van der Waals surface area contributed by atoms with Gasteiger partial charge in [0, 0.05) is 12.4 Å². The van der Waals surface area contributed by atoms with Crippen molar-refractivity contribution in [2.24, 2.45) is 0 Å². The zero-order valence-corrected chi connectivity index (χ0v) is 10.2. The summed E-state index contributed by atoms with van der Waals surface area (Å²) in [6, 6.07) is 5.68. The molecule has 3 aromatic rings. The smallest absolute Gasteiger partial charge is 0.222 e. The lowest BCUT2D eigenvalue weighted by atomic mass is 10.2. The molecule has 0 spiro atoms. The molecule has 0 aromatic carbocycles. The van der Waals surface area contributed by atoms with E-state index in [0.717, 1.165) is 15.3 Å². The fraction of sp³-hybridized carbons (Fsp3) is 0.167. The third-order valence-corrected chi connectivity index (χ3v) is 3.52. The minimum Gasteiger partial charge on any atom is -0.474 e. The van der Waals surface area contributed by atoms with Gasteiger partial charge in [0.25, 0.3) is 0 Å². The number of pyridine rings is 1. The Balaban J connectivity index is 2.02. The molecular formula is C12H10FN3OS. The van der Waals surface area contributed by atoms with Crippen molar-refractivity contribution in [3.8, 4) is 16.3 Å². The van der Waals surface area contributed by atoms with Gasteiger partial charge in [-0.15, -0.1) is 11.3 Å². The van der Waals surface area contributed by atoms with Crippen molar-refractivity contribution in [3.05, 3.63) is 36.8 Å². The molecule has 0 saturated heterocycles. The van der Waals surface area contributed by atoms with Crippen LogP contribution in [0.3, 0.4) is 0 Å². The van der Waals surface area contributed by atoms with E-state index < -0.39 is 6.67 Å². The number of ether oxygens (including phenoxy) is 1. The fourth-order valence-electron chi connectivity index (χ4n) is 1.68. The van der Waals surface area contributed by atoms with Crippen molar-refractivity contribution in [2.75, 3.05) is 13.3 Å². The first-order chi connectivity index (χ1) is 8.88. The number of nitrogens with zero attached hydrogens (tertiary/aromatic N) is 3. The molecule has 0 aliphatic carbocycles. The van der Waals surface area contributed by atoms with Crippen molar-refractivity contribution in [1.29, 1.82) is 0 Å². The van der Waals surface area contributed by atoms with E-state index in [4.69, 9.17) is 4.74 Å². The van der Waals surface area contributed by atoms with Crippen molar-refractivity contribution >= 4 is 16.2 Å². The minimum absolute atomic E-state index is 0.0204. The normalized spacial score (nSPS) is 10.9. The second-order valence-corrected chi connectivity index (χ2v) is 4.67. The molecule has 0 aliphatic rings. The van der Waals surface area contributed by atoms with Crippen LogP contribution in [0.15, 0.2) is 36.8 Å². The number of halogens is 1. The molecule has 3 heterocycles. The molecule has 0 unspecified atom stereocenters. The summed E-state index contributed by atoms with van der Waals surface area (Å²) in [4.78, 5) is 6.18. The van der Waals surface area contributed by atoms with E-state index in [1.54, 1.807) is 28.2 Å². The highest BCUT2D eigenvalue weighted by Gasteiger charge is 2.11. The average Bonchev–Trinajstić information content (AvgIpc) is 2.97. The Morgan fingerprint density at radius 1 is 1.33 bits per heavy atom. The minimum atomic E-state index is -0.524. The van der Waals surface area contributed by atoms with Gasteiger partial charge < -0.3 is 4.74 Å². The Bertz CT molecular complexity index is 635. The van der Waals surface area contributed by atoms with Crippen LogP contribution < -0.4 is 4.74 Å². The van der Waals surface area contributed by atoms with Crippen LogP contribution in [-0.2, 0) is 0 Å². The number of aromatic nitrogens is 3. The summed E-state index contributed by atoms with van der Waals surface area (Å²) in [6.07, 6.45) is 5.30. The van der Waals surface area contributed by atoms with E-state index in [9.17, 15) is 4.39 Å².